The van der Waals surface area contributed by atoms with Crippen molar-refractivity contribution in [3.63, 3.8) is 0 Å². The van der Waals surface area contributed by atoms with Crippen LogP contribution in [-0.2, 0) is 19.4 Å². The van der Waals surface area contributed by atoms with Gasteiger partial charge in [0.15, 0.2) is 0 Å². The average Bonchev–Trinajstić information content (AvgIpc) is 2.60. The molecule has 0 atom stereocenters. The average molecular weight is 310 g/mol. The van der Waals surface area contributed by atoms with Crippen LogP contribution < -0.4 is 5.56 Å². The fraction of sp³-hybridized carbons (Fsp3) is 0.550. The SMILES string of the molecule is CCN1CCC(Cn2cc3c4c(cccc4c2=O)CCC3)CC1. The second-order valence-electron chi connectivity index (χ2n) is 7.18. The van der Waals surface area contributed by atoms with Gasteiger partial charge in [0.05, 0.1) is 0 Å². The largest absolute Gasteiger partial charge is 0.314 e. The van der Waals surface area contributed by atoms with Crippen molar-refractivity contribution < 1.29 is 0 Å². The minimum atomic E-state index is 0.213. The van der Waals surface area contributed by atoms with E-state index in [-0.39, 0.29) is 5.56 Å². The van der Waals surface area contributed by atoms with Gasteiger partial charge in [-0.05, 0) is 80.2 Å². The molecule has 4 rings (SSSR count). The second-order valence-corrected chi connectivity index (χ2v) is 7.18. The Morgan fingerprint density at radius 2 is 1.91 bits per heavy atom. The van der Waals surface area contributed by atoms with Gasteiger partial charge in [-0.3, -0.25) is 4.79 Å². The predicted molar refractivity (Wildman–Crippen MR) is 95.1 cm³/mol. The van der Waals surface area contributed by atoms with Crippen molar-refractivity contribution in [2.45, 2.75) is 45.6 Å². The van der Waals surface area contributed by atoms with Crippen LogP contribution in [0.5, 0.6) is 0 Å². The molecule has 122 valence electrons. The fourth-order valence-corrected chi connectivity index (χ4v) is 4.39. The van der Waals surface area contributed by atoms with Gasteiger partial charge < -0.3 is 9.47 Å². The van der Waals surface area contributed by atoms with Crippen LogP contribution in [0.4, 0.5) is 0 Å². The smallest absolute Gasteiger partial charge is 0.258 e. The zero-order valence-corrected chi connectivity index (χ0v) is 14.1. The van der Waals surface area contributed by atoms with Gasteiger partial charge in [0.1, 0.15) is 0 Å². The number of rotatable bonds is 3. The number of aromatic nitrogens is 1. The lowest BCUT2D eigenvalue weighted by Gasteiger charge is -2.31. The molecule has 0 N–H and O–H groups in total. The lowest BCUT2D eigenvalue weighted by atomic mass is 9.90. The third-order valence-corrected chi connectivity index (χ3v) is 5.78. The third-order valence-electron chi connectivity index (χ3n) is 5.78. The molecule has 0 saturated carbocycles. The first-order valence-electron chi connectivity index (χ1n) is 9.12. The van der Waals surface area contributed by atoms with Crippen LogP contribution in [0.25, 0.3) is 10.8 Å². The van der Waals surface area contributed by atoms with Crippen LogP contribution in [0.15, 0.2) is 29.2 Å². The van der Waals surface area contributed by atoms with E-state index in [1.807, 2.05) is 10.6 Å². The number of hydrogen-bond donors (Lipinski definition) is 0. The summed E-state index contributed by atoms with van der Waals surface area (Å²) in [5, 5.41) is 2.19. The van der Waals surface area contributed by atoms with Crippen LogP contribution in [0.1, 0.15) is 37.3 Å². The number of aryl methyl sites for hydroxylation is 2. The van der Waals surface area contributed by atoms with Crippen molar-refractivity contribution in [1.29, 1.82) is 0 Å². The number of benzene rings is 1. The minimum Gasteiger partial charge on any atom is -0.314 e. The van der Waals surface area contributed by atoms with Gasteiger partial charge in [-0.15, -0.1) is 0 Å². The molecule has 1 aromatic heterocycles. The van der Waals surface area contributed by atoms with Crippen molar-refractivity contribution in [1.82, 2.24) is 9.47 Å². The van der Waals surface area contributed by atoms with Gasteiger partial charge in [0, 0.05) is 18.1 Å². The Morgan fingerprint density at radius 1 is 1.13 bits per heavy atom. The maximum Gasteiger partial charge on any atom is 0.258 e. The van der Waals surface area contributed by atoms with E-state index >= 15 is 0 Å². The molecular weight excluding hydrogens is 284 g/mol. The molecule has 1 fully saturated rings. The fourth-order valence-electron chi connectivity index (χ4n) is 4.39. The second kappa shape index (κ2) is 6.12. The van der Waals surface area contributed by atoms with Crippen LogP contribution in [0.2, 0.25) is 0 Å². The van der Waals surface area contributed by atoms with E-state index in [2.05, 4.69) is 30.2 Å². The summed E-state index contributed by atoms with van der Waals surface area (Å²) in [6.07, 6.45) is 8.03. The Morgan fingerprint density at radius 3 is 2.70 bits per heavy atom. The van der Waals surface area contributed by atoms with Gasteiger partial charge in [-0.2, -0.15) is 0 Å². The zero-order valence-electron chi connectivity index (χ0n) is 14.1. The van der Waals surface area contributed by atoms with E-state index < -0.39 is 0 Å². The molecule has 1 aliphatic heterocycles. The molecule has 23 heavy (non-hydrogen) atoms. The molecule has 0 amide bonds. The Hall–Kier alpha value is -1.61. The highest BCUT2D eigenvalue weighted by atomic mass is 16.1. The molecule has 3 heteroatoms. The molecular formula is C20H26N2O. The van der Waals surface area contributed by atoms with Crippen molar-refractivity contribution in [3.8, 4) is 0 Å². The van der Waals surface area contributed by atoms with Crippen molar-refractivity contribution in [2.24, 2.45) is 5.92 Å². The lowest BCUT2D eigenvalue weighted by Crippen LogP contribution is -2.36. The summed E-state index contributed by atoms with van der Waals surface area (Å²) >= 11 is 0. The first-order chi connectivity index (χ1) is 11.3. The molecule has 1 saturated heterocycles. The Balaban J connectivity index is 1.66. The summed E-state index contributed by atoms with van der Waals surface area (Å²) < 4.78 is 2.01. The summed E-state index contributed by atoms with van der Waals surface area (Å²) in [5.74, 6) is 0.645. The topological polar surface area (TPSA) is 25.2 Å². The molecule has 3 nitrogen and oxygen atoms in total. The van der Waals surface area contributed by atoms with Crippen molar-refractivity contribution >= 4 is 10.8 Å². The number of nitrogens with zero attached hydrogens (tertiary/aromatic N) is 2. The van der Waals surface area contributed by atoms with Crippen molar-refractivity contribution in [2.75, 3.05) is 19.6 Å². The highest BCUT2D eigenvalue weighted by Crippen LogP contribution is 2.28. The van der Waals surface area contributed by atoms with Gasteiger partial charge in [-0.1, -0.05) is 19.1 Å². The summed E-state index contributed by atoms with van der Waals surface area (Å²) in [7, 11) is 0. The number of hydrogen-bond acceptors (Lipinski definition) is 2. The molecule has 2 heterocycles. The van der Waals surface area contributed by atoms with Gasteiger partial charge in [0.2, 0.25) is 0 Å². The minimum absolute atomic E-state index is 0.213. The molecule has 1 aliphatic carbocycles. The van der Waals surface area contributed by atoms with Gasteiger partial charge >= 0.3 is 0 Å². The van der Waals surface area contributed by atoms with Crippen molar-refractivity contribution in [3.05, 3.63) is 45.9 Å². The summed E-state index contributed by atoms with van der Waals surface area (Å²) in [6, 6.07) is 6.26. The molecule has 0 bridgehead atoms. The summed E-state index contributed by atoms with van der Waals surface area (Å²) in [4.78, 5) is 15.4. The molecule has 0 unspecified atom stereocenters. The van der Waals surface area contributed by atoms with E-state index in [9.17, 15) is 4.79 Å². The quantitative estimate of drug-likeness (QED) is 0.870. The van der Waals surface area contributed by atoms with E-state index in [4.69, 9.17) is 0 Å². The Kier molecular flexibility index (Phi) is 3.98. The highest BCUT2D eigenvalue weighted by Gasteiger charge is 2.21. The van der Waals surface area contributed by atoms with Crippen LogP contribution >= 0.6 is 0 Å². The van der Waals surface area contributed by atoms with Crippen LogP contribution in [0.3, 0.4) is 0 Å². The van der Waals surface area contributed by atoms with Crippen LogP contribution in [-0.4, -0.2) is 29.1 Å². The number of piperidine rings is 1. The number of pyridine rings is 1. The first-order valence-corrected chi connectivity index (χ1v) is 9.12. The molecule has 1 aromatic carbocycles. The molecule has 0 radical (unpaired) electrons. The van der Waals surface area contributed by atoms with E-state index in [1.165, 1.54) is 48.9 Å². The monoisotopic (exact) mass is 310 g/mol. The normalized spacial score (nSPS) is 19.3. The molecule has 2 aromatic rings. The van der Waals surface area contributed by atoms with Gasteiger partial charge in [0.25, 0.3) is 5.56 Å². The van der Waals surface area contributed by atoms with Crippen LogP contribution in [0, 0.1) is 5.92 Å². The maximum atomic E-state index is 12.9. The lowest BCUT2D eigenvalue weighted by molar-refractivity contribution is 0.180. The first kappa shape index (κ1) is 14.9. The van der Waals surface area contributed by atoms with Gasteiger partial charge in [-0.25, -0.2) is 0 Å². The van der Waals surface area contributed by atoms with E-state index in [0.29, 0.717) is 5.92 Å². The summed E-state index contributed by atoms with van der Waals surface area (Å²) in [5.41, 5.74) is 2.96. The number of likely N-dealkylation sites (tertiary alicyclic amines) is 1. The predicted octanol–water partition coefficient (Wildman–Crippen LogP) is 3.22. The highest BCUT2D eigenvalue weighted by molar-refractivity contribution is 5.88. The van der Waals surface area contributed by atoms with E-state index in [1.54, 1.807) is 0 Å². The zero-order chi connectivity index (χ0) is 15.8. The van der Waals surface area contributed by atoms with E-state index in [0.717, 1.165) is 31.3 Å². The Bertz CT molecular complexity index is 769. The summed E-state index contributed by atoms with van der Waals surface area (Å²) in [6.45, 7) is 6.64. The Labute approximate surface area is 137 Å². The third kappa shape index (κ3) is 2.72. The molecule has 0 spiro atoms. The maximum absolute atomic E-state index is 12.9. The standard InChI is InChI=1S/C20H26N2O/c1-2-21-11-9-15(10-12-21)13-22-14-17-7-3-5-16-6-4-8-18(19(16)17)20(22)23/h4,6,8,14-15H,2-3,5,7,9-13H2,1H3. The molecule has 2 aliphatic rings.